The number of halogens is 2. The molecule has 3 aromatic rings. The Morgan fingerprint density at radius 2 is 2.00 bits per heavy atom. The number of carbonyl (C=O) groups is 1. The van der Waals surface area contributed by atoms with Crippen LogP contribution in [0.25, 0.3) is 10.9 Å². The van der Waals surface area contributed by atoms with Crippen molar-refractivity contribution in [1.82, 2.24) is 10.4 Å². The number of H-pyrrole nitrogens is 1. The van der Waals surface area contributed by atoms with E-state index < -0.39 is 5.91 Å². The number of rotatable bonds is 3. The van der Waals surface area contributed by atoms with Gasteiger partial charge in [-0.05, 0) is 24.3 Å². The molecule has 1 heterocycles. The Kier molecular flexibility index (Phi) is 4.13. The Morgan fingerprint density at radius 1 is 1.18 bits per heavy atom. The lowest BCUT2D eigenvalue weighted by atomic mass is 10.2. The average molecular weight is 332 g/mol. The van der Waals surface area contributed by atoms with Gasteiger partial charge in [-0.3, -0.25) is 4.79 Å². The molecule has 0 aliphatic rings. The number of aromatic amines is 1. The van der Waals surface area contributed by atoms with Gasteiger partial charge in [-0.1, -0.05) is 41.4 Å². The van der Waals surface area contributed by atoms with Crippen LogP contribution in [-0.4, -0.2) is 17.1 Å². The van der Waals surface area contributed by atoms with Crippen molar-refractivity contribution in [3.63, 3.8) is 0 Å². The lowest BCUT2D eigenvalue weighted by Crippen LogP contribution is -2.18. The van der Waals surface area contributed by atoms with E-state index in [9.17, 15) is 4.79 Å². The Bertz CT molecular complexity index is 871. The van der Waals surface area contributed by atoms with E-state index in [1.165, 1.54) is 6.07 Å². The first-order valence-electron chi connectivity index (χ1n) is 6.50. The van der Waals surface area contributed by atoms with E-state index in [1.54, 1.807) is 18.3 Å². The van der Waals surface area contributed by atoms with Crippen LogP contribution in [0.2, 0.25) is 10.0 Å². The minimum atomic E-state index is -0.413. The van der Waals surface area contributed by atoms with Crippen molar-refractivity contribution in [3.05, 3.63) is 69.8 Å². The van der Waals surface area contributed by atoms with Gasteiger partial charge in [0, 0.05) is 27.7 Å². The summed E-state index contributed by atoms with van der Waals surface area (Å²) in [5, 5.41) is 5.76. The van der Waals surface area contributed by atoms with Crippen LogP contribution in [0.15, 0.2) is 53.8 Å². The Balaban J connectivity index is 1.77. The number of carbonyl (C=O) groups excluding carboxylic acids is 1. The fourth-order valence-corrected chi connectivity index (χ4v) is 2.47. The molecule has 0 atom stereocenters. The number of para-hydroxylation sites is 1. The number of nitrogens with zero attached hydrogens (tertiary/aromatic N) is 1. The zero-order valence-corrected chi connectivity index (χ0v) is 12.8. The summed E-state index contributed by atoms with van der Waals surface area (Å²) < 4.78 is 0. The van der Waals surface area contributed by atoms with Crippen LogP contribution < -0.4 is 5.43 Å². The predicted molar refractivity (Wildman–Crippen MR) is 89.8 cm³/mol. The maximum absolute atomic E-state index is 12.0. The molecule has 3 rings (SSSR count). The SMILES string of the molecule is O=C(N/N=C/c1c[nH]c2ccccc12)c1cc(Cl)ccc1Cl. The number of hydrogen-bond acceptors (Lipinski definition) is 2. The highest BCUT2D eigenvalue weighted by molar-refractivity contribution is 6.35. The topological polar surface area (TPSA) is 57.2 Å². The number of fused-ring (bicyclic) bond motifs is 1. The van der Waals surface area contributed by atoms with Crippen molar-refractivity contribution in [2.24, 2.45) is 5.10 Å². The number of amides is 1. The molecule has 0 saturated carbocycles. The summed E-state index contributed by atoms with van der Waals surface area (Å²) in [4.78, 5) is 15.2. The van der Waals surface area contributed by atoms with Gasteiger partial charge in [-0.15, -0.1) is 0 Å². The van der Waals surface area contributed by atoms with Crippen LogP contribution in [0, 0.1) is 0 Å². The molecule has 0 saturated heterocycles. The van der Waals surface area contributed by atoms with Gasteiger partial charge >= 0.3 is 0 Å². The third-order valence-electron chi connectivity index (χ3n) is 3.16. The van der Waals surface area contributed by atoms with E-state index in [2.05, 4.69) is 15.5 Å². The first-order chi connectivity index (χ1) is 10.6. The highest BCUT2D eigenvalue weighted by Gasteiger charge is 2.10. The highest BCUT2D eigenvalue weighted by atomic mass is 35.5. The standard InChI is InChI=1S/C16H11Cl2N3O/c17-11-5-6-14(18)13(7-11)16(22)21-20-9-10-8-19-15-4-2-1-3-12(10)15/h1-9,19H,(H,21,22)/b20-9+. The van der Waals surface area contributed by atoms with Gasteiger partial charge in [0.15, 0.2) is 0 Å². The van der Waals surface area contributed by atoms with E-state index in [0.717, 1.165) is 16.5 Å². The molecule has 0 bridgehead atoms. The number of hydrazone groups is 1. The summed E-state index contributed by atoms with van der Waals surface area (Å²) in [7, 11) is 0. The summed E-state index contributed by atoms with van der Waals surface area (Å²) in [5.74, 6) is -0.413. The number of hydrogen-bond donors (Lipinski definition) is 2. The van der Waals surface area contributed by atoms with Crippen molar-refractivity contribution in [2.45, 2.75) is 0 Å². The molecule has 0 spiro atoms. The average Bonchev–Trinajstić information content (AvgIpc) is 2.93. The van der Waals surface area contributed by atoms with Crippen LogP contribution in [0.5, 0.6) is 0 Å². The normalized spacial score (nSPS) is 11.2. The van der Waals surface area contributed by atoms with Crippen LogP contribution in [0.4, 0.5) is 0 Å². The molecular weight excluding hydrogens is 321 g/mol. The zero-order valence-electron chi connectivity index (χ0n) is 11.3. The van der Waals surface area contributed by atoms with Crippen molar-refractivity contribution >= 4 is 46.2 Å². The lowest BCUT2D eigenvalue weighted by Gasteiger charge is -2.02. The molecule has 2 N–H and O–H groups in total. The van der Waals surface area contributed by atoms with Gasteiger partial charge in [0.05, 0.1) is 16.8 Å². The predicted octanol–water partition coefficient (Wildman–Crippen LogP) is 4.24. The molecule has 1 aromatic heterocycles. The molecule has 0 aliphatic carbocycles. The first kappa shape index (κ1) is 14.6. The number of benzene rings is 2. The van der Waals surface area contributed by atoms with Crippen LogP contribution in [0.1, 0.15) is 15.9 Å². The zero-order chi connectivity index (χ0) is 15.5. The Hall–Kier alpha value is -2.30. The molecule has 4 nitrogen and oxygen atoms in total. The Labute approximate surface area is 136 Å². The summed E-state index contributed by atoms with van der Waals surface area (Å²) >= 11 is 11.8. The summed E-state index contributed by atoms with van der Waals surface area (Å²) in [6.07, 6.45) is 3.40. The van der Waals surface area contributed by atoms with Crippen LogP contribution in [0.3, 0.4) is 0 Å². The fraction of sp³-hybridized carbons (Fsp3) is 0. The van der Waals surface area contributed by atoms with Gasteiger partial charge in [0.2, 0.25) is 0 Å². The molecule has 0 fully saturated rings. The van der Waals surface area contributed by atoms with Crippen LogP contribution in [-0.2, 0) is 0 Å². The second kappa shape index (κ2) is 6.22. The second-order valence-corrected chi connectivity index (χ2v) is 5.46. The maximum atomic E-state index is 12.0. The van der Waals surface area contributed by atoms with E-state index in [1.807, 2.05) is 30.5 Å². The van der Waals surface area contributed by atoms with E-state index >= 15 is 0 Å². The number of nitrogens with one attached hydrogen (secondary N) is 2. The van der Waals surface area contributed by atoms with Crippen molar-refractivity contribution in [3.8, 4) is 0 Å². The fourth-order valence-electron chi connectivity index (χ4n) is 2.09. The Morgan fingerprint density at radius 3 is 2.86 bits per heavy atom. The summed E-state index contributed by atoms with van der Waals surface area (Å²) in [6, 6.07) is 12.5. The largest absolute Gasteiger partial charge is 0.361 e. The third kappa shape index (κ3) is 2.98. The van der Waals surface area contributed by atoms with Gasteiger partial charge in [-0.25, -0.2) is 5.43 Å². The smallest absolute Gasteiger partial charge is 0.272 e. The molecule has 6 heteroatoms. The highest BCUT2D eigenvalue weighted by Crippen LogP contribution is 2.20. The first-order valence-corrected chi connectivity index (χ1v) is 7.25. The number of aromatic nitrogens is 1. The van der Waals surface area contributed by atoms with Gasteiger partial charge < -0.3 is 4.98 Å². The molecular formula is C16H11Cl2N3O. The monoisotopic (exact) mass is 331 g/mol. The van der Waals surface area contributed by atoms with E-state index in [0.29, 0.717) is 10.0 Å². The lowest BCUT2D eigenvalue weighted by molar-refractivity contribution is 0.0955. The van der Waals surface area contributed by atoms with E-state index in [-0.39, 0.29) is 5.56 Å². The molecule has 2 aromatic carbocycles. The molecule has 22 heavy (non-hydrogen) atoms. The molecule has 110 valence electrons. The van der Waals surface area contributed by atoms with Crippen molar-refractivity contribution in [2.75, 3.05) is 0 Å². The van der Waals surface area contributed by atoms with Crippen LogP contribution >= 0.6 is 23.2 Å². The van der Waals surface area contributed by atoms with Crippen molar-refractivity contribution in [1.29, 1.82) is 0 Å². The quantitative estimate of drug-likeness (QED) is 0.547. The van der Waals surface area contributed by atoms with E-state index in [4.69, 9.17) is 23.2 Å². The minimum Gasteiger partial charge on any atom is -0.361 e. The molecule has 0 unspecified atom stereocenters. The minimum absolute atomic E-state index is 0.283. The van der Waals surface area contributed by atoms with Gasteiger partial charge in [-0.2, -0.15) is 5.10 Å². The second-order valence-electron chi connectivity index (χ2n) is 4.61. The summed E-state index contributed by atoms with van der Waals surface area (Å²) in [5.41, 5.74) is 4.62. The molecule has 0 radical (unpaired) electrons. The van der Waals surface area contributed by atoms with Gasteiger partial charge in [0.1, 0.15) is 0 Å². The summed E-state index contributed by atoms with van der Waals surface area (Å²) in [6.45, 7) is 0. The third-order valence-corrected chi connectivity index (χ3v) is 3.73. The molecule has 0 aliphatic heterocycles. The maximum Gasteiger partial charge on any atom is 0.272 e. The van der Waals surface area contributed by atoms with Gasteiger partial charge in [0.25, 0.3) is 5.91 Å². The van der Waals surface area contributed by atoms with Crippen molar-refractivity contribution < 1.29 is 4.79 Å². The molecule has 1 amide bonds.